The van der Waals surface area contributed by atoms with Gasteiger partial charge >= 0.3 is 18.0 Å². The van der Waals surface area contributed by atoms with E-state index in [4.69, 9.17) is 18.9 Å². The molecule has 0 aliphatic carbocycles. The van der Waals surface area contributed by atoms with Crippen LogP contribution < -0.4 is 4.74 Å². The molecule has 0 spiro atoms. The van der Waals surface area contributed by atoms with Crippen LogP contribution in [0.1, 0.15) is 31.9 Å². The summed E-state index contributed by atoms with van der Waals surface area (Å²) in [5.74, 6) is -1.35. The molecule has 2 aliphatic heterocycles. The third kappa shape index (κ3) is 6.38. The fourth-order valence-electron chi connectivity index (χ4n) is 5.26. The van der Waals surface area contributed by atoms with Crippen molar-refractivity contribution < 1.29 is 46.1 Å². The maximum Gasteiger partial charge on any atom is 0.416 e. The average Bonchev–Trinajstić information content (AvgIpc) is 3.23. The van der Waals surface area contributed by atoms with Gasteiger partial charge in [-0.3, -0.25) is 9.69 Å². The second-order valence-corrected chi connectivity index (χ2v) is 12.5. The predicted octanol–water partition coefficient (Wildman–Crippen LogP) is 3.97. The number of carbonyl (C=O) groups excluding carboxylic acids is 3. The second kappa shape index (κ2) is 12.2. The molecule has 2 aliphatic rings. The Hall–Kier alpha value is -4.49. The Morgan fingerprint density at radius 2 is 1.70 bits per heavy atom. The molecule has 0 bridgehead atoms. The van der Waals surface area contributed by atoms with Gasteiger partial charge in [0.1, 0.15) is 17.6 Å². The van der Waals surface area contributed by atoms with Crippen LogP contribution in [0.5, 0.6) is 5.75 Å². The van der Waals surface area contributed by atoms with Gasteiger partial charge < -0.3 is 18.9 Å². The smallest absolute Gasteiger partial charge is 0.416 e. The van der Waals surface area contributed by atoms with E-state index in [0.29, 0.717) is 11.3 Å². The Labute approximate surface area is 254 Å². The first kappa shape index (κ1) is 31.0. The highest BCUT2D eigenvalue weighted by molar-refractivity contribution is 7.89. The number of halogens is 1. The first-order chi connectivity index (χ1) is 20.9. The number of rotatable bonds is 9. The number of sulfonamides is 1. The van der Waals surface area contributed by atoms with Crippen molar-refractivity contribution in [2.24, 2.45) is 0 Å². The van der Waals surface area contributed by atoms with Crippen LogP contribution >= 0.6 is 0 Å². The highest BCUT2D eigenvalue weighted by Crippen LogP contribution is 2.40. The summed E-state index contributed by atoms with van der Waals surface area (Å²) in [5.41, 5.74) is 0.246. The van der Waals surface area contributed by atoms with E-state index in [2.05, 4.69) is 0 Å². The van der Waals surface area contributed by atoms with Crippen LogP contribution in [0, 0.1) is 5.82 Å². The lowest BCUT2D eigenvalue weighted by atomic mass is 9.87. The van der Waals surface area contributed by atoms with E-state index in [1.807, 2.05) is 30.3 Å². The highest BCUT2D eigenvalue weighted by Gasteiger charge is 2.52. The van der Waals surface area contributed by atoms with Crippen molar-refractivity contribution in [2.75, 3.05) is 13.1 Å². The summed E-state index contributed by atoms with van der Waals surface area (Å²) in [5, 5.41) is 0. The Kier molecular flexibility index (Phi) is 8.62. The van der Waals surface area contributed by atoms with E-state index >= 15 is 0 Å². The van der Waals surface area contributed by atoms with Gasteiger partial charge in [-0.15, -0.1) is 0 Å². The Morgan fingerprint density at radius 1 is 1.02 bits per heavy atom. The van der Waals surface area contributed by atoms with Gasteiger partial charge in [-0.2, -0.15) is 4.31 Å². The third-order valence-corrected chi connectivity index (χ3v) is 9.14. The number of cyclic esters (lactones) is 1. The summed E-state index contributed by atoms with van der Waals surface area (Å²) >= 11 is 0. The average molecular weight is 627 g/mol. The van der Waals surface area contributed by atoms with E-state index in [0.717, 1.165) is 10.5 Å². The van der Waals surface area contributed by atoms with Crippen molar-refractivity contribution >= 4 is 28.1 Å². The van der Waals surface area contributed by atoms with Gasteiger partial charge in [0.15, 0.2) is 11.8 Å². The summed E-state index contributed by atoms with van der Waals surface area (Å²) in [7, 11) is -3.99. The lowest BCUT2D eigenvalue weighted by molar-refractivity contribution is -0.164. The molecule has 232 valence electrons. The van der Waals surface area contributed by atoms with Crippen LogP contribution in [0.3, 0.4) is 0 Å². The summed E-state index contributed by atoms with van der Waals surface area (Å²) in [6, 6.07) is 19.7. The van der Waals surface area contributed by atoms with E-state index < -0.39 is 58.0 Å². The maximum absolute atomic E-state index is 13.7. The molecule has 13 heteroatoms. The molecule has 2 heterocycles. The quantitative estimate of drug-likeness (QED) is 0.256. The minimum Gasteiger partial charge on any atom is -0.480 e. The minimum absolute atomic E-state index is 0.00420. The molecule has 0 radical (unpaired) electrons. The Bertz CT molecular complexity index is 1640. The van der Waals surface area contributed by atoms with Crippen molar-refractivity contribution in [3.8, 4) is 5.75 Å². The van der Waals surface area contributed by atoms with Gasteiger partial charge in [0.05, 0.1) is 18.0 Å². The van der Waals surface area contributed by atoms with E-state index in [9.17, 15) is 27.2 Å². The zero-order chi connectivity index (χ0) is 31.6. The monoisotopic (exact) mass is 626 g/mol. The number of carbonyl (C=O) groups is 3. The molecule has 3 atom stereocenters. The second-order valence-electron chi connectivity index (χ2n) is 10.6. The fourth-order valence-corrected chi connectivity index (χ4v) is 6.87. The topological polar surface area (TPSA) is 129 Å². The van der Waals surface area contributed by atoms with Gasteiger partial charge in [0, 0.05) is 20.3 Å². The number of hydrogen-bond donors (Lipinski definition) is 0. The molecule has 0 aromatic heterocycles. The zero-order valence-electron chi connectivity index (χ0n) is 24.2. The van der Waals surface area contributed by atoms with Crippen molar-refractivity contribution in [2.45, 2.75) is 56.2 Å². The van der Waals surface area contributed by atoms with Crippen molar-refractivity contribution in [3.63, 3.8) is 0 Å². The number of nitrogens with zero attached hydrogens (tertiary/aromatic N) is 2. The van der Waals surface area contributed by atoms with Gasteiger partial charge in [-0.05, 0) is 54.4 Å². The predicted molar refractivity (Wildman–Crippen MR) is 153 cm³/mol. The molecule has 5 rings (SSSR count). The maximum atomic E-state index is 13.7. The summed E-state index contributed by atoms with van der Waals surface area (Å²) in [6.45, 7) is 4.03. The molecule has 3 aromatic carbocycles. The number of benzene rings is 3. The van der Waals surface area contributed by atoms with E-state index in [1.54, 1.807) is 12.1 Å². The molecule has 2 fully saturated rings. The molecular formula is C31H31FN2O9S. The normalized spacial score (nSPS) is 20.3. The van der Waals surface area contributed by atoms with Crippen molar-refractivity contribution in [1.82, 2.24) is 9.21 Å². The molecule has 1 amide bonds. The number of esters is 2. The Balaban J connectivity index is 1.33. The molecule has 0 saturated carbocycles. The van der Waals surface area contributed by atoms with E-state index in [1.165, 1.54) is 61.5 Å². The van der Waals surface area contributed by atoms with Crippen LogP contribution in [0.15, 0.2) is 83.8 Å². The largest absolute Gasteiger partial charge is 0.480 e. The van der Waals surface area contributed by atoms with Crippen LogP contribution in [-0.2, 0) is 45.8 Å². The minimum atomic E-state index is -3.99. The standard InChI is InChI=1S/C31H31FN2O9S/c1-20-34(30(37)42-22(3)41-21(2)35)28(29(36)40-20)17-23-8-7-11-27(16-23)44(38,39)33-18-31(19-33,24-9-5-4-6-10-24)43-26-14-12-25(32)13-15-26/h4-16,20,22,28H,17-19H2,1-3H3/t20?,22?,28-/m0/s1. The molecule has 3 aromatic rings. The van der Waals surface area contributed by atoms with E-state index in [-0.39, 0.29) is 24.4 Å². The Morgan fingerprint density at radius 3 is 2.36 bits per heavy atom. The number of ether oxygens (including phenoxy) is 4. The first-order valence-electron chi connectivity index (χ1n) is 13.8. The fraction of sp³-hybridized carbons (Fsp3) is 0.323. The molecule has 2 unspecified atom stereocenters. The molecule has 0 N–H and O–H groups in total. The van der Waals surface area contributed by atoms with Crippen molar-refractivity contribution in [3.05, 3.63) is 95.8 Å². The molecule has 11 nitrogen and oxygen atoms in total. The van der Waals surface area contributed by atoms with Crippen LogP contribution in [0.2, 0.25) is 0 Å². The first-order valence-corrected chi connectivity index (χ1v) is 15.3. The summed E-state index contributed by atoms with van der Waals surface area (Å²) < 4.78 is 63.7. The van der Waals surface area contributed by atoms with Gasteiger partial charge in [0.25, 0.3) is 0 Å². The lowest BCUT2D eigenvalue weighted by Crippen LogP contribution is -2.64. The third-order valence-electron chi connectivity index (χ3n) is 7.35. The SMILES string of the molecule is CC(=O)OC(C)OC(=O)N1C(C)OC(=O)[C@@H]1Cc1cccc(S(=O)(=O)N2CC(Oc3ccc(F)cc3)(c3ccccc3)C2)c1. The zero-order valence-corrected chi connectivity index (χ0v) is 25.0. The number of hydrogen-bond acceptors (Lipinski definition) is 9. The summed E-state index contributed by atoms with van der Waals surface area (Å²) in [6.07, 6.45) is -3.12. The van der Waals surface area contributed by atoms with Crippen LogP contribution in [-0.4, -0.2) is 67.3 Å². The van der Waals surface area contributed by atoms with Gasteiger partial charge in [0.2, 0.25) is 16.3 Å². The van der Waals surface area contributed by atoms with Crippen LogP contribution in [0.25, 0.3) is 0 Å². The van der Waals surface area contributed by atoms with Gasteiger partial charge in [-0.1, -0.05) is 42.5 Å². The highest BCUT2D eigenvalue weighted by atomic mass is 32.2. The molecule has 2 saturated heterocycles. The number of amides is 1. The lowest BCUT2D eigenvalue weighted by Gasteiger charge is -2.48. The molecule has 44 heavy (non-hydrogen) atoms. The van der Waals surface area contributed by atoms with Crippen molar-refractivity contribution in [1.29, 1.82) is 0 Å². The van der Waals surface area contributed by atoms with Crippen LogP contribution in [0.4, 0.5) is 9.18 Å². The molecular weight excluding hydrogens is 595 g/mol. The summed E-state index contributed by atoms with van der Waals surface area (Å²) in [4.78, 5) is 37.8. The van der Waals surface area contributed by atoms with Gasteiger partial charge in [-0.25, -0.2) is 22.4 Å².